The summed E-state index contributed by atoms with van der Waals surface area (Å²) in [6.45, 7) is 1.54. The molecule has 1 aliphatic rings. The zero-order valence-electron chi connectivity index (χ0n) is 10.6. The summed E-state index contributed by atoms with van der Waals surface area (Å²) in [5.74, 6) is -2.56. The van der Waals surface area contributed by atoms with Crippen molar-refractivity contribution in [3.63, 3.8) is 0 Å². The lowest BCUT2D eigenvalue weighted by Crippen LogP contribution is -2.45. The molecular weight excluding hydrogens is 254 g/mol. The van der Waals surface area contributed by atoms with Gasteiger partial charge >= 0.3 is 0 Å². The third-order valence-electron chi connectivity index (χ3n) is 3.12. The van der Waals surface area contributed by atoms with Gasteiger partial charge in [0.05, 0.1) is 7.11 Å². The number of nitrogens with one attached hydrogen (secondary N) is 2. The quantitative estimate of drug-likeness (QED) is 0.874. The van der Waals surface area contributed by atoms with Crippen LogP contribution < -0.4 is 15.4 Å². The highest BCUT2D eigenvalue weighted by molar-refractivity contribution is 5.97. The number of amides is 1. The molecular formula is C13H16F2N2O2. The molecule has 0 aromatic heterocycles. The van der Waals surface area contributed by atoms with Crippen LogP contribution in [0.1, 0.15) is 23.2 Å². The Kier molecular flexibility index (Phi) is 4.31. The van der Waals surface area contributed by atoms with Crippen LogP contribution in [0.2, 0.25) is 0 Å². The molecule has 1 atom stereocenters. The van der Waals surface area contributed by atoms with Gasteiger partial charge in [0.2, 0.25) is 0 Å². The van der Waals surface area contributed by atoms with Gasteiger partial charge in [0.15, 0.2) is 11.6 Å². The van der Waals surface area contributed by atoms with Crippen LogP contribution in [0, 0.1) is 11.6 Å². The maximum Gasteiger partial charge on any atom is 0.258 e. The van der Waals surface area contributed by atoms with Gasteiger partial charge in [-0.15, -0.1) is 0 Å². The van der Waals surface area contributed by atoms with E-state index in [0.29, 0.717) is 6.54 Å². The second-order valence-electron chi connectivity index (χ2n) is 4.45. The Morgan fingerprint density at radius 3 is 2.79 bits per heavy atom. The molecule has 0 spiro atoms. The molecule has 0 unspecified atom stereocenters. The van der Waals surface area contributed by atoms with Gasteiger partial charge in [0, 0.05) is 12.6 Å². The van der Waals surface area contributed by atoms with E-state index in [1.807, 2.05) is 0 Å². The Morgan fingerprint density at radius 2 is 2.16 bits per heavy atom. The van der Waals surface area contributed by atoms with Crippen LogP contribution >= 0.6 is 0 Å². The zero-order valence-corrected chi connectivity index (χ0v) is 10.6. The number of hydrogen-bond acceptors (Lipinski definition) is 3. The average molecular weight is 270 g/mol. The predicted octanol–water partition coefficient (Wildman–Crippen LogP) is 1.46. The van der Waals surface area contributed by atoms with Crippen LogP contribution in [-0.4, -0.2) is 32.1 Å². The van der Waals surface area contributed by atoms with Gasteiger partial charge in [-0.1, -0.05) is 0 Å². The van der Waals surface area contributed by atoms with E-state index in [4.69, 9.17) is 4.74 Å². The molecule has 1 aromatic rings. The van der Waals surface area contributed by atoms with Crippen LogP contribution in [0.4, 0.5) is 8.78 Å². The summed E-state index contributed by atoms with van der Waals surface area (Å²) in [6.07, 6.45) is 1.76. The molecule has 0 saturated carbocycles. The summed E-state index contributed by atoms with van der Waals surface area (Å²) in [6, 6.07) is 1.78. The maximum atomic E-state index is 13.7. The normalized spacial score (nSPS) is 19.0. The Bertz CT molecular complexity index is 474. The Labute approximate surface area is 110 Å². The second kappa shape index (κ2) is 5.97. The summed E-state index contributed by atoms with van der Waals surface area (Å²) in [4.78, 5) is 12.0. The highest BCUT2D eigenvalue weighted by Crippen LogP contribution is 2.25. The first kappa shape index (κ1) is 13.7. The van der Waals surface area contributed by atoms with Crippen molar-refractivity contribution in [1.82, 2.24) is 10.6 Å². The SMILES string of the molecule is COc1c(F)ccc(F)c1C(=O)N[C@H]1CCCNC1. The topological polar surface area (TPSA) is 50.4 Å². The Balaban J connectivity index is 2.20. The number of carbonyl (C=O) groups excluding carboxylic acids is 1. The zero-order chi connectivity index (χ0) is 13.8. The molecule has 1 aromatic carbocycles. The van der Waals surface area contributed by atoms with E-state index in [1.165, 1.54) is 7.11 Å². The van der Waals surface area contributed by atoms with Crippen LogP contribution in [0.3, 0.4) is 0 Å². The van der Waals surface area contributed by atoms with Crippen molar-refractivity contribution < 1.29 is 18.3 Å². The first-order valence-electron chi connectivity index (χ1n) is 6.17. The summed E-state index contributed by atoms with van der Waals surface area (Å²) < 4.78 is 32.0. The minimum atomic E-state index is -0.792. The van der Waals surface area contributed by atoms with E-state index < -0.39 is 17.5 Å². The van der Waals surface area contributed by atoms with Crippen LogP contribution in [0.5, 0.6) is 5.75 Å². The van der Waals surface area contributed by atoms with Crippen molar-refractivity contribution in [1.29, 1.82) is 0 Å². The van der Waals surface area contributed by atoms with Crippen molar-refractivity contribution in [2.45, 2.75) is 18.9 Å². The largest absolute Gasteiger partial charge is 0.493 e. The molecule has 1 aliphatic heterocycles. The summed E-state index contributed by atoms with van der Waals surface area (Å²) >= 11 is 0. The van der Waals surface area contributed by atoms with Gasteiger partial charge < -0.3 is 15.4 Å². The van der Waals surface area contributed by atoms with E-state index in [1.54, 1.807) is 0 Å². The van der Waals surface area contributed by atoms with E-state index in [-0.39, 0.29) is 17.4 Å². The number of methoxy groups -OCH3 is 1. The lowest BCUT2D eigenvalue weighted by atomic mass is 10.1. The van der Waals surface area contributed by atoms with Crippen molar-refractivity contribution in [2.75, 3.05) is 20.2 Å². The number of hydrogen-bond donors (Lipinski definition) is 2. The minimum absolute atomic E-state index is 0.0753. The number of benzene rings is 1. The van der Waals surface area contributed by atoms with Crippen molar-refractivity contribution in [3.05, 3.63) is 29.3 Å². The van der Waals surface area contributed by atoms with Crippen molar-refractivity contribution in [2.24, 2.45) is 0 Å². The van der Waals surface area contributed by atoms with E-state index in [2.05, 4.69) is 10.6 Å². The molecule has 19 heavy (non-hydrogen) atoms. The maximum absolute atomic E-state index is 13.7. The number of piperidine rings is 1. The molecule has 1 amide bonds. The van der Waals surface area contributed by atoms with Gasteiger partial charge in [-0.3, -0.25) is 4.79 Å². The van der Waals surface area contributed by atoms with Gasteiger partial charge in [-0.05, 0) is 31.5 Å². The van der Waals surface area contributed by atoms with Gasteiger partial charge in [0.1, 0.15) is 11.4 Å². The first-order chi connectivity index (χ1) is 9.13. The monoisotopic (exact) mass is 270 g/mol. The lowest BCUT2D eigenvalue weighted by molar-refractivity contribution is 0.0922. The third-order valence-corrected chi connectivity index (χ3v) is 3.12. The Hall–Kier alpha value is -1.69. The number of carbonyl (C=O) groups is 1. The number of rotatable bonds is 3. The molecule has 6 heteroatoms. The Morgan fingerprint density at radius 1 is 1.42 bits per heavy atom. The number of halogens is 2. The molecule has 0 aliphatic carbocycles. The fourth-order valence-electron chi connectivity index (χ4n) is 2.18. The van der Waals surface area contributed by atoms with Crippen molar-refractivity contribution in [3.8, 4) is 5.75 Å². The van der Waals surface area contributed by atoms with Crippen LogP contribution in [0.15, 0.2) is 12.1 Å². The van der Waals surface area contributed by atoms with Gasteiger partial charge in [-0.2, -0.15) is 0 Å². The standard InChI is InChI=1S/C13H16F2N2O2/c1-19-12-10(15)5-4-9(14)11(12)13(18)17-8-3-2-6-16-7-8/h4-5,8,16H,2-3,6-7H2,1H3,(H,17,18)/t8-/m0/s1. The fourth-order valence-corrected chi connectivity index (χ4v) is 2.18. The molecule has 4 nitrogen and oxygen atoms in total. The van der Waals surface area contributed by atoms with E-state index >= 15 is 0 Å². The molecule has 104 valence electrons. The smallest absolute Gasteiger partial charge is 0.258 e. The van der Waals surface area contributed by atoms with Gasteiger partial charge in [0.25, 0.3) is 5.91 Å². The lowest BCUT2D eigenvalue weighted by Gasteiger charge is -2.24. The molecule has 2 rings (SSSR count). The summed E-state index contributed by atoms with van der Waals surface area (Å²) in [5.41, 5.74) is -0.381. The average Bonchev–Trinajstić information content (AvgIpc) is 2.42. The second-order valence-corrected chi connectivity index (χ2v) is 4.45. The molecule has 1 saturated heterocycles. The highest BCUT2D eigenvalue weighted by atomic mass is 19.1. The van der Waals surface area contributed by atoms with Crippen LogP contribution in [0.25, 0.3) is 0 Å². The molecule has 0 bridgehead atoms. The fraction of sp³-hybridized carbons (Fsp3) is 0.462. The summed E-state index contributed by atoms with van der Waals surface area (Å²) in [5, 5.41) is 5.82. The predicted molar refractivity (Wildman–Crippen MR) is 66.3 cm³/mol. The third kappa shape index (κ3) is 3.01. The first-order valence-corrected chi connectivity index (χ1v) is 6.17. The van der Waals surface area contributed by atoms with Crippen molar-refractivity contribution >= 4 is 5.91 Å². The molecule has 1 fully saturated rings. The minimum Gasteiger partial charge on any atom is -0.493 e. The van der Waals surface area contributed by atoms with E-state index in [0.717, 1.165) is 31.5 Å². The molecule has 1 heterocycles. The summed E-state index contributed by atoms with van der Waals surface area (Å²) in [7, 11) is 1.21. The van der Waals surface area contributed by atoms with E-state index in [9.17, 15) is 13.6 Å². The molecule has 2 N–H and O–H groups in total. The molecule has 0 radical (unpaired) electrons. The highest BCUT2D eigenvalue weighted by Gasteiger charge is 2.24. The van der Waals surface area contributed by atoms with Crippen LogP contribution in [-0.2, 0) is 0 Å². The number of ether oxygens (including phenoxy) is 1. The van der Waals surface area contributed by atoms with Gasteiger partial charge in [-0.25, -0.2) is 8.78 Å².